The zero-order chi connectivity index (χ0) is 16.1. The van der Waals surface area contributed by atoms with Gasteiger partial charge in [0.1, 0.15) is 0 Å². The second-order valence-corrected chi connectivity index (χ2v) is 6.00. The van der Waals surface area contributed by atoms with E-state index in [9.17, 15) is 14.7 Å². The van der Waals surface area contributed by atoms with Crippen molar-refractivity contribution in [3.05, 3.63) is 33.2 Å². The lowest BCUT2D eigenvalue weighted by molar-refractivity contribution is 0.0816. The van der Waals surface area contributed by atoms with Crippen molar-refractivity contribution in [2.24, 2.45) is 0 Å². The highest BCUT2D eigenvalue weighted by Crippen LogP contribution is 2.10. The number of aryl methyl sites for hydroxylation is 2. The molecule has 1 amide bonds. The molecule has 0 bridgehead atoms. The lowest BCUT2D eigenvalue weighted by Crippen LogP contribution is -2.37. The molecule has 0 spiro atoms. The highest BCUT2D eigenvalue weighted by Gasteiger charge is 2.17. The predicted octanol–water partition coefficient (Wildman–Crippen LogP) is 0.568. The van der Waals surface area contributed by atoms with Crippen LogP contribution < -0.4 is 10.9 Å². The minimum absolute atomic E-state index is 0.139. The van der Waals surface area contributed by atoms with Gasteiger partial charge in [-0.1, -0.05) is 0 Å². The molecule has 6 nitrogen and oxygen atoms in total. The number of pyridine rings is 1. The van der Waals surface area contributed by atoms with Gasteiger partial charge in [0.15, 0.2) is 0 Å². The summed E-state index contributed by atoms with van der Waals surface area (Å²) < 4.78 is 0. The molecule has 1 aliphatic heterocycles. The van der Waals surface area contributed by atoms with Gasteiger partial charge in [0.25, 0.3) is 5.91 Å². The lowest BCUT2D eigenvalue weighted by atomic mass is 10.1. The molecule has 6 heteroatoms. The Hall–Kier alpha value is -1.66. The van der Waals surface area contributed by atoms with E-state index in [0.29, 0.717) is 23.4 Å². The van der Waals surface area contributed by atoms with E-state index in [1.807, 2.05) is 0 Å². The summed E-state index contributed by atoms with van der Waals surface area (Å²) in [6.07, 6.45) is 2.40. The number of carbonyl (C=O) groups is 1. The van der Waals surface area contributed by atoms with Crippen molar-refractivity contribution in [2.45, 2.75) is 39.2 Å². The van der Waals surface area contributed by atoms with Crippen LogP contribution in [0.2, 0.25) is 0 Å². The van der Waals surface area contributed by atoms with E-state index in [2.05, 4.69) is 15.2 Å². The average Bonchev–Trinajstić information content (AvgIpc) is 2.44. The minimum Gasteiger partial charge on any atom is -0.393 e. The fourth-order valence-electron chi connectivity index (χ4n) is 2.93. The van der Waals surface area contributed by atoms with Gasteiger partial charge in [-0.25, -0.2) is 0 Å². The topological polar surface area (TPSA) is 85.4 Å². The highest BCUT2D eigenvalue weighted by atomic mass is 16.3. The summed E-state index contributed by atoms with van der Waals surface area (Å²) in [5, 5.41) is 12.4. The minimum atomic E-state index is -0.182. The van der Waals surface area contributed by atoms with Gasteiger partial charge in [0.05, 0.1) is 11.7 Å². The number of amides is 1. The number of rotatable bonds is 5. The fraction of sp³-hybridized carbons (Fsp3) is 0.625. The first-order valence-electron chi connectivity index (χ1n) is 7.86. The molecule has 0 aliphatic carbocycles. The summed E-state index contributed by atoms with van der Waals surface area (Å²) in [6.45, 7) is 6.89. The fourth-order valence-corrected chi connectivity index (χ4v) is 2.93. The largest absolute Gasteiger partial charge is 0.393 e. The highest BCUT2D eigenvalue weighted by molar-refractivity contribution is 5.96. The van der Waals surface area contributed by atoms with E-state index >= 15 is 0 Å². The number of aliphatic hydroxyl groups excluding tert-OH is 1. The molecular weight excluding hydrogens is 282 g/mol. The summed E-state index contributed by atoms with van der Waals surface area (Å²) >= 11 is 0. The van der Waals surface area contributed by atoms with Crippen molar-refractivity contribution in [3.8, 4) is 0 Å². The Kier molecular flexibility index (Phi) is 5.74. The third-order valence-corrected chi connectivity index (χ3v) is 4.15. The van der Waals surface area contributed by atoms with Crippen molar-refractivity contribution in [3.63, 3.8) is 0 Å². The van der Waals surface area contributed by atoms with Crippen LogP contribution in [0.1, 0.15) is 40.9 Å². The summed E-state index contributed by atoms with van der Waals surface area (Å²) in [4.78, 5) is 28.5. The van der Waals surface area contributed by atoms with Crippen LogP contribution in [0.15, 0.2) is 10.9 Å². The number of hydrogen-bond acceptors (Lipinski definition) is 4. The Morgan fingerprint density at radius 1 is 1.41 bits per heavy atom. The number of likely N-dealkylation sites (tertiary alicyclic amines) is 1. The van der Waals surface area contributed by atoms with E-state index < -0.39 is 0 Å². The number of H-pyrrole nitrogens is 1. The Labute approximate surface area is 130 Å². The second kappa shape index (κ2) is 7.56. The predicted molar refractivity (Wildman–Crippen MR) is 85.2 cm³/mol. The zero-order valence-electron chi connectivity index (χ0n) is 13.3. The van der Waals surface area contributed by atoms with Crippen molar-refractivity contribution < 1.29 is 9.90 Å². The van der Waals surface area contributed by atoms with Crippen LogP contribution in [-0.2, 0) is 0 Å². The van der Waals surface area contributed by atoms with Crippen molar-refractivity contribution in [2.75, 3.05) is 26.2 Å². The number of piperidine rings is 1. The maximum absolute atomic E-state index is 12.2. The number of carbonyl (C=O) groups excluding carboxylic acids is 1. The molecule has 1 aromatic heterocycles. The molecule has 1 aromatic rings. The summed E-state index contributed by atoms with van der Waals surface area (Å²) in [7, 11) is 0. The first-order valence-corrected chi connectivity index (χ1v) is 7.86. The average molecular weight is 307 g/mol. The van der Waals surface area contributed by atoms with E-state index in [0.717, 1.165) is 38.9 Å². The van der Waals surface area contributed by atoms with Crippen LogP contribution in [0.25, 0.3) is 0 Å². The van der Waals surface area contributed by atoms with E-state index in [-0.39, 0.29) is 17.6 Å². The Morgan fingerprint density at radius 2 is 2.09 bits per heavy atom. The van der Waals surface area contributed by atoms with Gasteiger partial charge < -0.3 is 20.3 Å². The van der Waals surface area contributed by atoms with Crippen molar-refractivity contribution in [1.29, 1.82) is 0 Å². The molecule has 2 rings (SSSR count). The molecular formula is C16H25N3O3. The third kappa shape index (κ3) is 4.42. The monoisotopic (exact) mass is 307 g/mol. The molecule has 1 aliphatic rings. The van der Waals surface area contributed by atoms with Gasteiger partial charge in [-0.3, -0.25) is 9.59 Å². The molecule has 2 heterocycles. The van der Waals surface area contributed by atoms with Gasteiger partial charge in [-0.05, 0) is 45.2 Å². The standard InChI is InChI=1S/C16H25N3O3/c1-11-10-14(21)18-12(2)15(11)16(22)17-6-3-7-19-8-4-13(20)5-9-19/h10,13,20H,3-9H2,1-2H3,(H,17,22)(H,18,21). The molecule has 0 saturated carbocycles. The number of nitrogens with zero attached hydrogens (tertiary/aromatic N) is 1. The number of nitrogens with one attached hydrogen (secondary N) is 2. The first-order chi connectivity index (χ1) is 10.5. The molecule has 1 fully saturated rings. The second-order valence-electron chi connectivity index (χ2n) is 6.00. The maximum atomic E-state index is 12.2. The van der Waals surface area contributed by atoms with Gasteiger partial charge in [0, 0.05) is 31.4 Å². The van der Waals surface area contributed by atoms with Gasteiger partial charge >= 0.3 is 0 Å². The van der Waals surface area contributed by atoms with Crippen LogP contribution in [0.3, 0.4) is 0 Å². The number of aromatic amines is 1. The van der Waals surface area contributed by atoms with E-state index in [4.69, 9.17) is 0 Å². The molecule has 0 unspecified atom stereocenters. The first kappa shape index (κ1) is 16.7. The summed E-state index contributed by atoms with van der Waals surface area (Å²) in [5.74, 6) is -0.139. The zero-order valence-corrected chi connectivity index (χ0v) is 13.3. The summed E-state index contributed by atoms with van der Waals surface area (Å²) in [5.41, 5.74) is 1.68. The molecule has 0 aromatic carbocycles. The number of aliphatic hydroxyl groups is 1. The summed E-state index contributed by atoms with van der Waals surface area (Å²) in [6, 6.07) is 1.45. The molecule has 0 radical (unpaired) electrons. The molecule has 0 atom stereocenters. The van der Waals surface area contributed by atoms with E-state index in [1.165, 1.54) is 6.07 Å². The Bertz CT molecular complexity index is 548. The van der Waals surface area contributed by atoms with Gasteiger partial charge in [0.2, 0.25) is 5.56 Å². The smallest absolute Gasteiger partial charge is 0.253 e. The molecule has 122 valence electrons. The van der Waals surface area contributed by atoms with Crippen LogP contribution >= 0.6 is 0 Å². The van der Waals surface area contributed by atoms with Gasteiger partial charge in [-0.2, -0.15) is 0 Å². The lowest BCUT2D eigenvalue weighted by Gasteiger charge is -2.29. The van der Waals surface area contributed by atoms with Crippen LogP contribution in [0, 0.1) is 13.8 Å². The molecule has 3 N–H and O–H groups in total. The SMILES string of the molecule is Cc1cc(=O)[nH]c(C)c1C(=O)NCCCN1CCC(O)CC1. The maximum Gasteiger partial charge on any atom is 0.253 e. The molecule has 22 heavy (non-hydrogen) atoms. The van der Waals surface area contributed by atoms with Crippen LogP contribution in [-0.4, -0.2) is 53.2 Å². The van der Waals surface area contributed by atoms with Crippen molar-refractivity contribution >= 4 is 5.91 Å². The Balaban J connectivity index is 1.78. The van der Waals surface area contributed by atoms with Gasteiger partial charge in [-0.15, -0.1) is 0 Å². The molecule has 1 saturated heterocycles. The number of hydrogen-bond donors (Lipinski definition) is 3. The Morgan fingerprint density at radius 3 is 2.73 bits per heavy atom. The van der Waals surface area contributed by atoms with E-state index in [1.54, 1.807) is 13.8 Å². The number of aromatic nitrogens is 1. The van der Waals surface area contributed by atoms with Crippen LogP contribution in [0.5, 0.6) is 0 Å². The van der Waals surface area contributed by atoms with Crippen LogP contribution in [0.4, 0.5) is 0 Å². The van der Waals surface area contributed by atoms with Crippen molar-refractivity contribution in [1.82, 2.24) is 15.2 Å². The normalized spacial score (nSPS) is 16.7. The quantitative estimate of drug-likeness (QED) is 0.694. The third-order valence-electron chi connectivity index (χ3n) is 4.15.